The molecule has 108 valence electrons. The van der Waals surface area contributed by atoms with Crippen LogP contribution in [-0.2, 0) is 6.54 Å². The second-order valence-electron chi connectivity index (χ2n) is 4.58. The molecule has 3 N–H and O–H groups in total. The van der Waals surface area contributed by atoms with Crippen molar-refractivity contribution in [2.75, 3.05) is 6.54 Å². The van der Waals surface area contributed by atoms with Crippen LogP contribution in [0, 0.1) is 25.7 Å². The lowest BCUT2D eigenvalue weighted by molar-refractivity contribution is 0.0947. The summed E-state index contributed by atoms with van der Waals surface area (Å²) in [6.07, 6.45) is 1.62. The maximum Gasteiger partial charge on any atom is 0.251 e. The van der Waals surface area contributed by atoms with E-state index >= 15 is 0 Å². The number of benzene rings is 1. The lowest BCUT2D eigenvalue weighted by Gasteiger charge is -2.05. The third-order valence-electron chi connectivity index (χ3n) is 2.89. The average molecular weight is 283 g/mol. The first-order valence-electron chi connectivity index (χ1n) is 6.59. The Morgan fingerprint density at radius 2 is 2.24 bits per heavy atom. The molecule has 0 aliphatic heterocycles. The summed E-state index contributed by atoms with van der Waals surface area (Å²) in [4.78, 5) is 16.1. The molecule has 0 unspecified atom stereocenters. The number of amides is 1. The van der Waals surface area contributed by atoms with Crippen LogP contribution in [0.15, 0.2) is 28.8 Å². The minimum atomic E-state index is -0.193. The van der Waals surface area contributed by atoms with E-state index in [-0.39, 0.29) is 12.5 Å². The monoisotopic (exact) mass is 283 g/mol. The Labute approximate surface area is 123 Å². The van der Waals surface area contributed by atoms with E-state index in [1.54, 1.807) is 25.3 Å². The van der Waals surface area contributed by atoms with Gasteiger partial charge in [-0.2, -0.15) is 0 Å². The fourth-order valence-electron chi connectivity index (χ4n) is 1.79. The Morgan fingerprint density at radius 1 is 1.43 bits per heavy atom. The van der Waals surface area contributed by atoms with Gasteiger partial charge < -0.3 is 15.5 Å². The van der Waals surface area contributed by atoms with Crippen LogP contribution in [0.2, 0.25) is 0 Å². The SMILES string of the molecule is Cc1cnc(CNC(=O)c2ccc(C)c(C#CCN)c2)o1. The first-order chi connectivity index (χ1) is 10.1. The summed E-state index contributed by atoms with van der Waals surface area (Å²) < 4.78 is 5.30. The van der Waals surface area contributed by atoms with Crippen LogP contribution in [0.5, 0.6) is 0 Å². The summed E-state index contributed by atoms with van der Waals surface area (Å²) in [5, 5.41) is 2.76. The Morgan fingerprint density at radius 3 is 2.90 bits per heavy atom. The minimum absolute atomic E-state index is 0.193. The van der Waals surface area contributed by atoms with Crippen LogP contribution < -0.4 is 11.1 Å². The van der Waals surface area contributed by atoms with E-state index in [2.05, 4.69) is 22.1 Å². The summed E-state index contributed by atoms with van der Waals surface area (Å²) >= 11 is 0. The van der Waals surface area contributed by atoms with E-state index in [9.17, 15) is 4.79 Å². The van der Waals surface area contributed by atoms with E-state index in [0.717, 1.165) is 11.1 Å². The third kappa shape index (κ3) is 3.94. The summed E-state index contributed by atoms with van der Waals surface area (Å²) in [6, 6.07) is 5.39. The van der Waals surface area contributed by atoms with E-state index in [0.29, 0.717) is 23.8 Å². The molecule has 0 fully saturated rings. The third-order valence-corrected chi connectivity index (χ3v) is 2.89. The van der Waals surface area contributed by atoms with Gasteiger partial charge in [0.25, 0.3) is 5.91 Å². The molecule has 0 bridgehead atoms. The number of oxazole rings is 1. The number of rotatable bonds is 3. The lowest BCUT2D eigenvalue weighted by atomic mass is 10.0. The Bertz CT molecular complexity index is 708. The normalized spacial score (nSPS) is 9.86. The lowest BCUT2D eigenvalue weighted by Crippen LogP contribution is -2.23. The second-order valence-corrected chi connectivity index (χ2v) is 4.58. The topological polar surface area (TPSA) is 81.2 Å². The number of nitrogens with one attached hydrogen (secondary N) is 1. The molecular formula is C16H17N3O2. The standard InChI is InChI=1S/C16H17N3O2/c1-11-5-6-14(8-13(11)4-3-7-17)16(20)19-10-15-18-9-12(2)21-15/h5-6,8-9H,7,10,17H2,1-2H3,(H,19,20). The van der Waals surface area contributed by atoms with Gasteiger partial charge in [-0.1, -0.05) is 17.9 Å². The average Bonchev–Trinajstić information content (AvgIpc) is 2.89. The van der Waals surface area contributed by atoms with Gasteiger partial charge in [-0.15, -0.1) is 0 Å². The van der Waals surface area contributed by atoms with Gasteiger partial charge >= 0.3 is 0 Å². The van der Waals surface area contributed by atoms with Crippen molar-refractivity contribution in [1.82, 2.24) is 10.3 Å². The highest BCUT2D eigenvalue weighted by Gasteiger charge is 2.09. The summed E-state index contributed by atoms with van der Waals surface area (Å²) in [7, 11) is 0. The zero-order valence-corrected chi connectivity index (χ0v) is 12.1. The zero-order valence-electron chi connectivity index (χ0n) is 12.1. The van der Waals surface area contributed by atoms with Gasteiger partial charge in [-0.25, -0.2) is 4.98 Å². The number of hydrogen-bond acceptors (Lipinski definition) is 4. The predicted octanol–water partition coefficient (Wildman–Crippen LogP) is 1.53. The molecule has 1 heterocycles. The molecule has 0 aliphatic carbocycles. The van der Waals surface area contributed by atoms with Crippen LogP contribution in [0.3, 0.4) is 0 Å². The molecule has 2 aromatic rings. The molecule has 1 aromatic carbocycles. The number of hydrogen-bond donors (Lipinski definition) is 2. The molecule has 0 aliphatic rings. The summed E-state index contributed by atoms with van der Waals surface area (Å²) in [5.74, 6) is 6.76. The maximum atomic E-state index is 12.1. The highest BCUT2D eigenvalue weighted by atomic mass is 16.4. The van der Waals surface area contributed by atoms with Gasteiger partial charge in [0, 0.05) is 11.1 Å². The molecule has 5 heteroatoms. The van der Waals surface area contributed by atoms with Crippen molar-refractivity contribution in [2.45, 2.75) is 20.4 Å². The van der Waals surface area contributed by atoms with Crippen LogP contribution in [0.1, 0.15) is 33.1 Å². The first kappa shape index (κ1) is 14.8. The Balaban J connectivity index is 2.08. The van der Waals surface area contributed by atoms with Crippen LogP contribution >= 0.6 is 0 Å². The molecule has 0 saturated heterocycles. The molecular weight excluding hydrogens is 266 g/mol. The van der Waals surface area contributed by atoms with Crippen LogP contribution in [0.4, 0.5) is 0 Å². The van der Waals surface area contributed by atoms with Crippen molar-refractivity contribution < 1.29 is 9.21 Å². The quantitative estimate of drug-likeness (QED) is 0.837. The fraction of sp³-hybridized carbons (Fsp3) is 0.250. The first-order valence-corrected chi connectivity index (χ1v) is 6.59. The summed E-state index contributed by atoms with van der Waals surface area (Å²) in [6.45, 7) is 4.29. The molecule has 5 nitrogen and oxygen atoms in total. The Kier molecular flexibility index (Phi) is 4.75. The van der Waals surface area contributed by atoms with E-state index in [1.165, 1.54) is 0 Å². The highest BCUT2D eigenvalue weighted by Crippen LogP contribution is 2.10. The highest BCUT2D eigenvalue weighted by molar-refractivity contribution is 5.94. The maximum absolute atomic E-state index is 12.1. The van der Waals surface area contributed by atoms with Gasteiger partial charge in [0.05, 0.1) is 19.3 Å². The number of nitrogens with two attached hydrogens (primary N) is 1. The van der Waals surface area contributed by atoms with Crippen molar-refractivity contribution in [2.24, 2.45) is 5.73 Å². The molecule has 0 atom stereocenters. The van der Waals surface area contributed by atoms with Crippen molar-refractivity contribution >= 4 is 5.91 Å². The van der Waals surface area contributed by atoms with E-state index in [1.807, 2.05) is 13.0 Å². The van der Waals surface area contributed by atoms with E-state index < -0.39 is 0 Å². The second kappa shape index (κ2) is 6.73. The van der Waals surface area contributed by atoms with Gasteiger partial charge in [0.2, 0.25) is 5.89 Å². The van der Waals surface area contributed by atoms with Crippen molar-refractivity contribution in [3.63, 3.8) is 0 Å². The molecule has 1 aromatic heterocycles. The molecule has 0 spiro atoms. The van der Waals surface area contributed by atoms with Crippen molar-refractivity contribution in [3.8, 4) is 11.8 Å². The van der Waals surface area contributed by atoms with Gasteiger partial charge in [0.1, 0.15) is 5.76 Å². The Hall–Kier alpha value is -2.58. The van der Waals surface area contributed by atoms with Gasteiger partial charge in [-0.05, 0) is 31.5 Å². The fourth-order valence-corrected chi connectivity index (χ4v) is 1.79. The van der Waals surface area contributed by atoms with Crippen LogP contribution in [-0.4, -0.2) is 17.4 Å². The van der Waals surface area contributed by atoms with E-state index in [4.69, 9.17) is 10.2 Å². The van der Waals surface area contributed by atoms with Crippen molar-refractivity contribution in [1.29, 1.82) is 0 Å². The zero-order chi connectivity index (χ0) is 15.2. The molecule has 2 rings (SSSR count). The number of carbonyl (C=O) groups is 1. The largest absolute Gasteiger partial charge is 0.444 e. The molecule has 0 radical (unpaired) electrons. The number of aromatic nitrogens is 1. The van der Waals surface area contributed by atoms with Crippen molar-refractivity contribution in [3.05, 3.63) is 52.7 Å². The van der Waals surface area contributed by atoms with Gasteiger partial charge in [0.15, 0.2) is 0 Å². The number of nitrogens with zero attached hydrogens (tertiary/aromatic N) is 1. The van der Waals surface area contributed by atoms with Crippen LogP contribution in [0.25, 0.3) is 0 Å². The smallest absolute Gasteiger partial charge is 0.251 e. The molecule has 1 amide bonds. The summed E-state index contributed by atoms with van der Waals surface area (Å²) in [5.41, 5.74) is 7.73. The minimum Gasteiger partial charge on any atom is -0.444 e. The van der Waals surface area contributed by atoms with Gasteiger partial charge in [-0.3, -0.25) is 4.79 Å². The number of carbonyl (C=O) groups excluding carboxylic acids is 1. The molecule has 0 saturated carbocycles. The molecule has 21 heavy (non-hydrogen) atoms. The predicted molar refractivity (Wildman–Crippen MR) is 79.5 cm³/mol. The number of aryl methyl sites for hydroxylation is 2.